The molecule has 0 unspecified atom stereocenters. The number of likely N-dealkylation sites (tertiary alicyclic amines) is 2. The van der Waals surface area contributed by atoms with Crippen molar-refractivity contribution in [3.05, 3.63) is 0 Å². The minimum Gasteiger partial charge on any atom is -0.333 e. The monoisotopic (exact) mass is 252 g/mol. The lowest BCUT2D eigenvalue weighted by Gasteiger charge is -2.28. The van der Waals surface area contributed by atoms with Crippen LogP contribution in [0.25, 0.3) is 0 Å². The van der Waals surface area contributed by atoms with Crippen molar-refractivity contribution < 1.29 is 14.4 Å². The van der Waals surface area contributed by atoms with Crippen LogP contribution in [0.1, 0.15) is 39.5 Å². The van der Waals surface area contributed by atoms with Gasteiger partial charge in [-0.15, -0.1) is 0 Å². The van der Waals surface area contributed by atoms with Crippen molar-refractivity contribution in [1.82, 2.24) is 9.80 Å². The molecule has 0 saturated carbocycles. The summed E-state index contributed by atoms with van der Waals surface area (Å²) in [7, 11) is 0. The number of amides is 2. The van der Waals surface area contributed by atoms with Gasteiger partial charge in [-0.1, -0.05) is 0 Å². The first-order chi connectivity index (χ1) is 8.52. The first-order valence-corrected chi connectivity index (χ1v) is 6.60. The molecule has 0 aromatic carbocycles. The second-order valence-corrected chi connectivity index (χ2v) is 5.14. The lowest BCUT2D eigenvalue weighted by molar-refractivity contribution is -0.141. The highest BCUT2D eigenvalue weighted by Gasteiger charge is 2.40. The third-order valence-electron chi connectivity index (χ3n) is 3.97. The molecule has 2 heterocycles. The first-order valence-electron chi connectivity index (χ1n) is 6.60. The third kappa shape index (κ3) is 2.26. The van der Waals surface area contributed by atoms with Gasteiger partial charge in [0.25, 0.3) is 0 Å². The highest BCUT2D eigenvalue weighted by molar-refractivity contribution is 5.95. The molecule has 0 aliphatic carbocycles. The average molecular weight is 252 g/mol. The summed E-state index contributed by atoms with van der Waals surface area (Å²) in [5, 5.41) is 0. The summed E-state index contributed by atoms with van der Waals surface area (Å²) in [6.07, 6.45) is 3.23. The van der Waals surface area contributed by atoms with Crippen molar-refractivity contribution in [1.29, 1.82) is 0 Å². The number of nitrogens with zero attached hydrogens (tertiary/aromatic N) is 2. The highest BCUT2D eigenvalue weighted by Crippen LogP contribution is 2.25. The highest BCUT2D eigenvalue weighted by atomic mass is 16.2. The van der Waals surface area contributed by atoms with Gasteiger partial charge in [-0.25, -0.2) is 0 Å². The molecule has 5 nitrogen and oxygen atoms in total. The minimum absolute atomic E-state index is 0.0433. The summed E-state index contributed by atoms with van der Waals surface area (Å²) in [4.78, 5) is 38.8. The molecule has 0 bridgehead atoms. The molecule has 18 heavy (non-hydrogen) atoms. The lowest BCUT2D eigenvalue weighted by Crippen LogP contribution is -2.49. The number of carbonyl (C=O) groups excluding carboxylic acids is 3. The molecule has 2 fully saturated rings. The Hall–Kier alpha value is -1.39. The van der Waals surface area contributed by atoms with E-state index in [2.05, 4.69) is 0 Å². The van der Waals surface area contributed by atoms with Crippen molar-refractivity contribution in [2.75, 3.05) is 13.1 Å². The topological polar surface area (TPSA) is 57.7 Å². The van der Waals surface area contributed by atoms with Crippen LogP contribution in [0.3, 0.4) is 0 Å². The van der Waals surface area contributed by atoms with Gasteiger partial charge in [0.05, 0.1) is 12.1 Å². The molecule has 2 aliphatic rings. The van der Waals surface area contributed by atoms with Crippen molar-refractivity contribution in [2.24, 2.45) is 0 Å². The fourth-order valence-corrected chi connectivity index (χ4v) is 3.10. The van der Waals surface area contributed by atoms with Gasteiger partial charge in [0, 0.05) is 26.9 Å². The lowest BCUT2D eigenvalue weighted by atomic mass is 10.0. The Morgan fingerprint density at radius 2 is 1.22 bits per heavy atom. The molecule has 0 aromatic heterocycles. The maximum absolute atomic E-state index is 12.5. The summed E-state index contributed by atoms with van der Waals surface area (Å²) >= 11 is 0. The van der Waals surface area contributed by atoms with Gasteiger partial charge in [0.2, 0.25) is 11.8 Å². The Labute approximate surface area is 107 Å². The van der Waals surface area contributed by atoms with Crippen LogP contribution < -0.4 is 0 Å². The zero-order valence-electron chi connectivity index (χ0n) is 11.0. The Balaban J connectivity index is 2.11. The number of hydrogen-bond donors (Lipinski definition) is 0. The third-order valence-corrected chi connectivity index (χ3v) is 3.97. The second kappa shape index (κ2) is 5.08. The van der Waals surface area contributed by atoms with E-state index in [-0.39, 0.29) is 29.7 Å². The molecule has 2 saturated heterocycles. The van der Waals surface area contributed by atoms with Gasteiger partial charge in [0.15, 0.2) is 5.78 Å². The number of rotatable bonds is 2. The molecular weight excluding hydrogens is 232 g/mol. The van der Waals surface area contributed by atoms with Crippen molar-refractivity contribution >= 4 is 17.6 Å². The van der Waals surface area contributed by atoms with Crippen molar-refractivity contribution in [2.45, 2.75) is 51.6 Å². The predicted octanol–water partition coefficient (Wildman–Crippen LogP) is 0.577. The Bertz CT molecular complexity index is 346. The SMILES string of the molecule is CC(=O)N1CCC[C@H]1C(=O)[C@@H]1CCCN1C(C)=O. The largest absolute Gasteiger partial charge is 0.333 e. The number of carbonyl (C=O) groups is 3. The average Bonchev–Trinajstić information content (AvgIpc) is 2.97. The van der Waals surface area contributed by atoms with E-state index in [0.717, 1.165) is 25.7 Å². The zero-order valence-corrected chi connectivity index (χ0v) is 11.0. The maximum Gasteiger partial charge on any atom is 0.220 e. The molecule has 2 aliphatic heterocycles. The van der Waals surface area contributed by atoms with E-state index in [1.54, 1.807) is 9.80 Å². The normalized spacial score (nSPS) is 27.7. The molecule has 2 atom stereocenters. The van der Waals surface area contributed by atoms with Crippen LogP contribution in [0.4, 0.5) is 0 Å². The standard InChI is InChI=1S/C13H20N2O3/c1-9(16)14-7-3-5-11(14)13(18)12-6-4-8-15(12)10(2)17/h11-12H,3-8H2,1-2H3/t11-,12-/m0/s1. The van der Waals surface area contributed by atoms with E-state index in [4.69, 9.17) is 0 Å². The van der Waals surface area contributed by atoms with Crippen LogP contribution in [-0.4, -0.2) is 52.6 Å². The number of hydrogen-bond acceptors (Lipinski definition) is 3. The van der Waals surface area contributed by atoms with Crippen LogP contribution >= 0.6 is 0 Å². The number of Topliss-reactive ketones (excluding diaryl/α,β-unsaturated/α-hetero) is 1. The first kappa shape index (κ1) is 13.1. The molecule has 0 spiro atoms. The van der Waals surface area contributed by atoms with Crippen LogP contribution in [0.5, 0.6) is 0 Å². The molecule has 2 rings (SSSR count). The number of ketones is 1. The predicted molar refractivity (Wildman–Crippen MR) is 65.8 cm³/mol. The summed E-state index contributed by atoms with van der Waals surface area (Å²) < 4.78 is 0. The molecule has 100 valence electrons. The van der Waals surface area contributed by atoms with Crippen molar-refractivity contribution in [3.63, 3.8) is 0 Å². The minimum atomic E-state index is -0.313. The molecule has 2 amide bonds. The van der Waals surface area contributed by atoms with Crippen LogP contribution in [-0.2, 0) is 14.4 Å². The quantitative estimate of drug-likeness (QED) is 0.722. The molecule has 0 aromatic rings. The Morgan fingerprint density at radius 3 is 1.56 bits per heavy atom. The molecule has 5 heteroatoms. The summed E-state index contributed by atoms with van der Waals surface area (Å²) in [6, 6.07) is -0.625. The van der Waals surface area contributed by atoms with Crippen LogP contribution in [0.2, 0.25) is 0 Å². The van der Waals surface area contributed by atoms with Gasteiger partial charge in [0.1, 0.15) is 0 Å². The van der Waals surface area contributed by atoms with Gasteiger partial charge >= 0.3 is 0 Å². The van der Waals surface area contributed by atoms with E-state index in [1.807, 2.05) is 0 Å². The molecule has 0 radical (unpaired) electrons. The molecular formula is C13H20N2O3. The summed E-state index contributed by atoms with van der Waals surface area (Å²) in [6.45, 7) is 4.34. The second-order valence-electron chi connectivity index (χ2n) is 5.14. The van der Waals surface area contributed by atoms with Gasteiger partial charge in [-0.3, -0.25) is 14.4 Å². The van der Waals surface area contributed by atoms with Crippen LogP contribution in [0.15, 0.2) is 0 Å². The fraction of sp³-hybridized carbons (Fsp3) is 0.769. The Morgan fingerprint density at radius 1 is 0.833 bits per heavy atom. The molecule has 0 N–H and O–H groups in total. The van der Waals surface area contributed by atoms with E-state index in [1.165, 1.54) is 13.8 Å². The van der Waals surface area contributed by atoms with Gasteiger partial charge in [-0.05, 0) is 25.7 Å². The summed E-state index contributed by atoms with van der Waals surface area (Å²) in [5.41, 5.74) is 0. The van der Waals surface area contributed by atoms with Gasteiger partial charge < -0.3 is 9.80 Å². The van der Waals surface area contributed by atoms with E-state index < -0.39 is 0 Å². The van der Waals surface area contributed by atoms with Gasteiger partial charge in [-0.2, -0.15) is 0 Å². The van der Waals surface area contributed by atoms with E-state index in [9.17, 15) is 14.4 Å². The zero-order chi connectivity index (χ0) is 13.3. The summed E-state index contributed by atoms with van der Waals surface area (Å²) in [5.74, 6) is -0.0353. The van der Waals surface area contributed by atoms with E-state index >= 15 is 0 Å². The fourth-order valence-electron chi connectivity index (χ4n) is 3.10. The van der Waals surface area contributed by atoms with Crippen LogP contribution in [0, 0.1) is 0 Å². The maximum atomic E-state index is 12.5. The smallest absolute Gasteiger partial charge is 0.220 e. The van der Waals surface area contributed by atoms with E-state index in [0.29, 0.717) is 13.1 Å². The van der Waals surface area contributed by atoms with Crippen molar-refractivity contribution in [3.8, 4) is 0 Å². The Kier molecular flexibility index (Phi) is 3.68.